The molecule has 4 nitrogen and oxygen atoms in total. The number of nitrogens with two attached hydrogens (primary N) is 1. The van der Waals surface area contributed by atoms with Gasteiger partial charge in [0.05, 0.1) is 30.9 Å². The van der Waals surface area contributed by atoms with Gasteiger partial charge in [-0.2, -0.15) is 0 Å². The van der Waals surface area contributed by atoms with Crippen molar-refractivity contribution in [2.24, 2.45) is 11.3 Å². The van der Waals surface area contributed by atoms with Gasteiger partial charge in [-0.25, -0.2) is 5.90 Å². The number of hydrogen-bond donors (Lipinski definition) is 1. The highest BCUT2D eigenvalue weighted by atomic mass is 79.9. The number of benzene rings is 1. The average Bonchev–Trinajstić information content (AvgIpc) is 2.33. The van der Waals surface area contributed by atoms with Gasteiger partial charge in [-0.3, -0.25) is 0 Å². The summed E-state index contributed by atoms with van der Waals surface area (Å²) in [5.41, 5.74) is 1.32. The second-order valence-electron chi connectivity index (χ2n) is 4.98. The smallest absolute Gasteiger partial charge is 0.133 e. The highest BCUT2D eigenvalue weighted by Gasteiger charge is 2.34. The molecular weight excluding hydrogens is 298 g/mol. The van der Waals surface area contributed by atoms with E-state index in [0.717, 1.165) is 35.4 Å². The summed E-state index contributed by atoms with van der Waals surface area (Å²) in [6, 6.07) is 6.03. The van der Waals surface area contributed by atoms with Crippen molar-refractivity contribution in [1.29, 1.82) is 0 Å². The molecule has 0 radical (unpaired) electrons. The lowest BCUT2D eigenvalue weighted by Gasteiger charge is -2.37. The van der Waals surface area contributed by atoms with Gasteiger partial charge in [0.25, 0.3) is 0 Å². The van der Waals surface area contributed by atoms with E-state index < -0.39 is 0 Å². The summed E-state index contributed by atoms with van der Waals surface area (Å²) in [4.78, 5) is 4.57. The minimum absolute atomic E-state index is 0.158. The topological polar surface area (TPSA) is 53.7 Å². The van der Waals surface area contributed by atoms with Crippen molar-refractivity contribution >= 4 is 15.9 Å². The van der Waals surface area contributed by atoms with E-state index in [1.54, 1.807) is 0 Å². The van der Waals surface area contributed by atoms with E-state index in [1.165, 1.54) is 0 Å². The average molecular weight is 316 g/mol. The molecule has 1 aliphatic heterocycles. The van der Waals surface area contributed by atoms with E-state index in [9.17, 15) is 0 Å². The van der Waals surface area contributed by atoms with Gasteiger partial charge in [0.2, 0.25) is 0 Å². The first-order valence-corrected chi connectivity index (χ1v) is 6.73. The Hall–Kier alpha value is -0.620. The van der Waals surface area contributed by atoms with Crippen LogP contribution in [0.1, 0.15) is 12.5 Å². The predicted octanol–water partition coefficient (Wildman–Crippen LogP) is 2.30. The zero-order valence-electron chi connectivity index (χ0n) is 10.4. The molecule has 0 saturated carbocycles. The van der Waals surface area contributed by atoms with Crippen LogP contribution in [0.5, 0.6) is 5.75 Å². The van der Waals surface area contributed by atoms with E-state index >= 15 is 0 Å². The third-order valence-corrected chi connectivity index (χ3v) is 3.60. The lowest BCUT2D eigenvalue weighted by molar-refractivity contribution is -0.120. The summed E-state index contributed by atoms with van der Waals surface area (Å²) in [6.45, 7) is 4.91. The van der Waals surface area contributed by atoms with Crippen LogP contribution in [0.2, 0.25) is 0 Å². The predicted molar refractivity (Wildman–Crippen MR) is 72.4 cm³/mol. The van der Waals surface area contributed by atoms with E-state index in [-0.39, 0.29) is 5.41 Å². The lowest BCUT2D eigenvalue weighted by Crippen LogP contribution is -2.44. The molecule has 1 aromatic carbocycles. The fourth-order valence-corrected chi connectivity index (χ4v) is 2.32. The SMILES string of the molecule is CC1(COc2ccc(CCON)cc2Br)COC1. The second-order valence-corrected chi connectivity index (χ2v) is 5.83. The van der Waals surface area contributed by atoms with Crippen LogP contribution in [0.4, 0.5) is 0 Å². The molecule has 0 atom stereocenters. The van der Waals surface area contributed by atoms with Gasteiger partial charge >= 0.3 is 0 Å². The summed E-state index contributed by atoms with van der Waals surface area (Å²) in [5, 5.41) is 0. The Bertz CT molecular complexity index is 407. The van der Waals surface area contributed by atoms with Gasteiger partial charge in [-0.15, -0.1) is 0 Å². The summed E-state index contributed by atoms with van der Waals surface area (Å²) >= 11 is 3.52. The molecule has 100 valence electrons. The van der Waals surface area contributed by atoms with Crippen LogP contribution in [0, 0.1) is 5.41 Å². The van der Waals surface area contributed by atoms with Crippen molar-refractivity contribution in [3.63, 3.8) is 0 Å². The maximum Gasteiger partial charge on any atom is 0.133 e. The molecule has 18 heavy (non-hydrogen) atoms. The van der Waals surface area contributed by atoms with Crippen LogP contribution >= 0.6 is 15.9 Å². The van der Waals surface area contributed by atoms with Crippen molar-refractivity contribution < 1.29 is 14.3 Å². The third kappa shape index (κ3) is 3.45. The standard InChI is InChI=1S/C13H18BrNO3/c1-13(7-16-8-13)9-17-12-3-2-10(4-5-18-15)6-11(12)14/h2-3,6H,4-5,7-9,15H2,1H3. The Morgan fingerprint density at radius 3 is 2.78 bits per heavy atom. The first kappa shape index (κ1) is 13.8. The van der Waals surface area contributed by atoms with Gasteiger partial charge < -0.3 is 14.3 Å². The molecule has 0 aliphatic carbocycles. The van der Waals surface area contributed by atoms with Crippen molar-refractivity contribution in [2.45, 2.75) is 13.3 Å². The van der Waals surface area contributed by atoms with Crippen molar-refractivity contribution in [3.8, 4) is 5.75 Å². The van der Waals surface area contributed by atoms with Crippen LogP contribution in [0.3, 0.4) is 0 Å². The van der Waals surface area contributed by atoms with Crippen LogP contribution in [0.25, 0.3) is 0 Å². The van der Waals surface area contributed by atoms with Crippen LogP contribution in [-0.4, -0.2) is 26.4 Å². The first-order chi connectivity index (χ1) is 8.63. The quantitative estimate of drug-likeness (QED) is 0.818. The fourth-order valence-electron chi connectivity index (χ4n) is 1.78. The normalized spacial score (nSPS) is 17.3. The van der Waals surface area contributed by atoms with Crippen molar-refractivity contribution in [1.82, 2.24) is 0 Å². The minimum Gasteiger partial charge on any atom is -0.492 e. The van der Waals surface area contributed by atoms with E-state index in [1.807, 2.05) is 18.2 Å². The Balaban J connectivity index is 1.92. The molecule has 2 N–H and O–H groups in total. The Morgan fingerprint density at radius 1 is 1.44 bits per heavy atom. The molecule has 2 rings (SSSR count). The maximum absolute atomic E-state index is 5.82. The zero-order chi connectivity index (χ0) is 13.0. The number of hydrogen-bond acceptors (Lipinski definition) is 4. The van der Waals surface area contributed by atoms with Crippen LogP contribution in [-0.2, 0) is 16.0 Å². The first-order valence-electron chi connectivity index (χ1n) is 5.94. The lowest BCUT2D eigenvalue weighted by atomic mass is 9.90. The van der Waals surface area contributed by atoms with Crippen LogP contribution < -0.4 is 10.6 Å². The molecule has 0 amide bonds. The number of rotatable bonds is 6. The van der Waals surface area contributed by atoms with Crippen LogP contribution in [0.15, 0.2) is 22.7 Å². The van der Waals surface area contributed by atoms with Crippen molar-refractivity contribution in [2.75, 3.05) is 26.4 Å². The Kier molecular flexibility index (Phi) is 4.61. The summed E-state index contributed by atoms with van der Waals surface area (Å²) in [7, 11) is 0. The minimum atomic E-state index is 0.158. The molecular formula is C13H18BrNO3. The van der Waals surface area contributed by atoms with Gasteiger partial charge in [0, 0.05) is 5.41 Å². The fraction of sp³-hybridized carbons (Fsp3) is 0.538. The molecule has 0 unspecified atom stereocenters. The van der Waals surface area contributed by atoms with E-state index in [2.05, 4.69) is 27.7 Å². The third-order valence-electron chi connectivity index (χ3n) is 2.98. The second kappa shape index (κ2) is 6.02. The molecule has 1 aromatic rings. The van der Waals surface area contributed by atoms with Gasteiger partial charge in [-0.1, -0.05) is 13.0 Å². The highest BCUT2D eigenvalue weighted by molar-refractivity contribution is 9.10. The molecule has 0 aromatic heterocycles. The molecule has 0 spiro atoms. The molecule has 0 bridgehead atoms. The monoisotopic (exact) mass is 315 g/mol. The Labute approximate surface area is 115 Å². The molecule has 1 aliphatic rings. The molecule has 1 heterocycles. The molecule has 5 heteroatoms. The van der Waals surface area contributed by atoms with E-state index in [0.29, 0.717) is 13.2 Å². The summed E-state index contributed by atoms with van der Waals surface area (Å²) < 4.78 is 12.0. The zero-order valence-corrected chi connectivity index (χ0v) is 12.0. The maximum atomic E-state index is 5.82. The largest absolute Gasteiger partial charge is 0.492 e. The van der Waals surface area contributed by atoms with Gasteiger partial charge in [0.1, 0.15) is 5.75 Å². The molecule has 1 fully saturated rings. The summed E-state index contributed by atoms with van der Waals surface area (Å²) in [5.74, 6) is 5.87. The number of halogens is 1. The van der Waals surface area contributed by atoms with E-state index in [4.69, 9.17) is 15.4 Å². The van der Waals surface area contributed by atoms with Gasteiger partial charge in [0.15, 0.2) is 0 Å². The Morgan fingerprint density at radius 2 is 2.22 bits per heavy atom. The number of ether oxygens (including phenoxy) is 2. The summed E-state index contributed by atoms with van der Waals surface area (Å²) in [6.07, 6.45) is 0.793. The van der Waals surface area contributed by atoms with Gasteiger partial charge in [-0.05, 0) is 40.0 Å². The molecule has 1 saturated heterocycles. The highest BCUT2D eigenvalue weighted by Crippen LogP contribution is 2.31. The van der Waals surface area contributed by atoms with Crippen molar-refractivity contribution in [3.05, 3.63) is 28.2 Å².